The maximum Gasteiger partial charge on any atom is 0.319 e. The molecule has 1 heterocycles. The van der Waals surface area contributed by atoms with Crippen LogP contribution in [0.2, 0.25) is 0 Å². The minimum atomic E-state index is -0.672. The van der Waals surface area contributed by atoms with Gasteiger partial charge >= 0.3 is 6.03 Å². The first-order valence-corrected chi connectivity index (χ1v) is 11.4. The van der Waals surface area contributed by atoms with Crippen LogP contribution < -0.4 is 10.6 Å². The second-order valence-corrected chi connectivity index (χ2v) is 9.13. The number of carbonyl (C=O) groups is 1. The number of nitrogens with one attached hydrogen (secondary N) is 2. The summed E-state index contributed by atoms with van der Waals surface area (Å²) in [6.45, 7) is 10.4. The van der Waals surface area contributed by atoms with E-state index in [1.54, 1.807) is 0 Å². The molecule has 0 atom stereocenters. The molecular formula is C24H38N2O3. The predicted octanol–water partition coefficient (Wildman–Crippen LogP) is 5.77. The average molecular weight is 403 g/mol. The van der Waals surface area contributed by atoms with Crippen molar-refractivity contribution in [2.24, 2.45) is 5.92 Å². The third-order valence-corrected chi connectivity index (χ3v) is 6.32. The molecule has 2 N–H and O–H groups in total. The van der Waals surface area contributed by atoms with Crippen molar-refractivity contribution in [3.8, 4) is 0 Å². The summed E-state index contributed by atoms with van der Waals surface area (Å²) in [5.74, 6) is 0.352. The van der Waals surface area contributed by atoms with E-state index in [1.807, 2.05) is 0 Å². The molecule has 5 nitrogen and oxygen atoms in total. The highest BCUT2D eigenvalue weighted by Gasteiger charge is 2.43. The Morgan fingerprint density at radius 2 is 1.59 bits per heavy atom. The Bertz CT molecular complexity index is 648. The first kappa shape index (κ1) is 22.1. The van der Waals surface area contributed by atoms with Gasteiger partial charge in [-0.05, 0) is 42.2 Å². The molecule has 2 amide bonds. The van der Waals surface area contributed by atoms with Crippen LogP contribution in [0.5, 0.6) is 0 Å². The zero-order valence-corrected chi connectivity index (χ0v) is 18.6. The van der Waals surface area contributed by atoms with Crippen molar-refractivity contribution in [3.05, 3.63) is 29.3 Å². The van der Waals surface area contributed by atoms with Gasteiger partial charge in [0.1, 0.15) is 0 Å². The first-order valence-electron chi connectivity index (χ1n) is 11.4. The highest BCUT2D eigenvalue weighted by atomic mass is 16.7. The van der Waals surface area contributed by atoms with Crippen LogP contribution in [-0.4, -0.2) is 31.6 Å². The summed E-state index contributed by atoms with van der Waals surface area (Å²) in [4.78, 5) is 12.9. The van der Waals surface area contributed by atoms with Crippen LogP contribution >= 0.6 is 0 Å². The number of urea groups is 1. The normalized spacial score (nSPS) is 20.1. The fourth-order valence-corrected chi connectivity index (χ4v) is 4.67. The largest absolute Gasteiger partial charge is 0.348 e. The number of anilines is 1. The molecule has 1 saturated heterocycles. The smallest absolute Gasteiger partial charge is 0.319 e. The molecule has 0 unspecified atom stereocenters. The molecule has 5 heteroatoms. The Balaban J connectivity index is 1.71. The lowest BCUT2D eigenvalue weighted by Crippen LogP contribution is -2.55. The first-order chi connectivity index (χ1) is 13.9. The van der Waals surface area contributed by atoms with Gasteiger partial charge in [0.2, 0.25) is 0 Å². The molecule has 1 aromatic carbocycles. The van der Waals surface area contributed by atoms with E-state index in [4.69, 9.17) is 9.47 Å². The quantitative estimate of drug-likeness (QED) is 0.635. The number of amides is 2. The molecule has 1 saturated carbocycles. The minimum Gasteiger partial charge on any atom is -0.348 e. The molecule has 0 radical (unpaired) electrons. The molecule has 3 rings (SSSR count). The number of para-hydroxylation sites is 1. The summed E-state index contributed by atoms with van der Waals surface area (Å²) in [5, 5.41) is 6.21. The van der Waals surface area contributed by atoms with Gasteiger partial charge in [0.15, 0.2) is 5.79 Å². The van der Waals surface area contributed by atoms with Gasteiger partial charge in [0.25, 0.3) is 0 Å². The Morgan fingerprint density at radius 1 is 1.00 bits per heavy atom. The van der Waals surface area contributed by atoms with Crippen molar-refractivity contribution < 1.29 is 14.3 Å². The van der Waals surface area contributed by atoms with Gasteiger partial charge in [-0.3, -0.25) is 0 Å². The molecule has 29 heavy (non-hydrogen) atoms. The zero-order valence-electron chi connectivity index (χ0n) is 18.6. The van der Waals surface area contributed by atoms with E-state index in [0.717, 1.165) is 24.9 Å². The SMILES string of the molecule is CC(C)c1cccc(C(C)C)c1NC(=O)NCC1(C2CCCCC2)OCCCO1. The second kappa shape index (κ2) is 9.94. The Morgan fingerprint density at radius 3 is 2.14 bits per heavy atom. The van der Waals surface area contributed by atoms with Crippen LogP contribution in [0.1, 0.15) is 89.2 Å². The van der Waals surface area contributed by atoms with Crippen LogP contribution in [0.4, 0.5) is 10.5 Å². The molecular weight excluding hydrogens is 364 g/mol. The van der Waals surface area contributed by atoms with Crippen LogP contribution in [-0.2, 0) is 9.47 Å². The van der Waals surface area contributed by atoms with E-state index < -0.39 is 5.79 Å². The van der Waals surface area contributed by atoms with E-state index in [9.17, 15) is 4.79 Å². The summed E-state index contributed by atoms with van der Waals surface area (Å²) in [5.41, 5.74) is 3.27. The van der Waals surface area contributed by atoms with Gasteiger partial charge in [-0.1, -0.05) is 65.2 Å². The molecule has 0 aromatic heterocycles. The van der Waals surface area contributed by atoms with Crippen molar-refractivity contribution in [2.45, 2.75) is 83.8 Å². The van der Waals surface area contributed by atoms with E-state index in [0.29, 0.717) is 37.5 Å². The van der Waals surface area contributed by atoms with Crippen LogP contribution in [0.25, 0.3) is 0 Å². The van der Waals surface area contributed by atoms with Gasteiger partial charge in [-0.2, -0.15) is 0 Å². The average Bonchev–Trinajstić information content (AvgIpc) is 2.73. The van der Waals surface area contributed by atoms with Crippen molar-refractivity contribution in [3.63, 3.8) is 0 Å². The number of ether oxygens (including phenoxy) is 2. The zero-order chi connectivity index (χ0) is 20.9. The van der Waals surface area contributed by atoms with Gasteiger partial charge in [-0.25, -0.2) is 4.79 Å². The maximum absolute atomic E-state index is 12.9. The molecule has 162 valence electrons. The summed E-state index contributed by atoms with van der Waals surface area (Å²) < 4.78 is 12.3. The third-order valence-electron chi connectivity index (χ3n) is 6.32. The highest BCUT2D eigenvalue weighted by molar-refractivity contribution is 5.91. The lowest BCUT2D eigenvalue weighted by Gasteiger charge is -2.44. The highest BCUT2D eigenvalue weighted by Crippen LogP contribution is 2.38. The number of hydrogen-bond acceptors (Lipinski definition) is 3. The minimum absolute atomic E-state index is 0.187. The van der Waals surface area contributed by atoms with Crippen molar-refractivity contribution >= 4 is 11.7 Å². The lowest BCUT2D eigenvalue weighted by molar-refractivity contribution is -0.293. The van der Waals surface area contributed by atoms with E-state index in [-0.39, 0.29) is 6.03 Å². The summed E-state index contributed by atoms with van der Waals surface area (Å²) in [6.07, 6.45) is 6.84. The van der Waals surface area contributed by atoms with Crippen LogP contribution in [0, 0.1) is 5.92 Å². The second-order valence-electron chi connectivity index (χ2n) is 9.13. The Kier molecular flexibility index (Phi) is 7.58. The summed E-state index contributed by atoms with van der Waals surface area (Å²) >= 11 is 0. The van der Waals surface area contributed by atoms with E-state index in [2.05, 4.69) is 56.5 Å². The Labute approximate surface area is 175 Å². The topological polar surface area (TPSA) is 59.6 Å². The maximum atomic E-state index is 12.9. The predicted molar refractivity (Wildman–Crippen MR) is 117 cm³/mol. The fraction of sp³-hybridized carbons (Fsp3) is 0.708. The van der Waals surface area contributed by atoms with Crippen LogP contribution in [0.3, 0.4) is 0 Å². The van der Waals surface area contributed by atoms with Gasteiger partial charge in [0.05, 0.1) is 19.8 Å². The summed E-state index contributed by atoms with van der Waals surface area (Å²) in [6, 6.07) is 6.09. The van der Waals surface area contributed by atoms with Gasteiger partial charge < -0.3 is 20.1 Å². The molecule has 0 bridgehead atoms. The van der Waals surface area contributed by atoms with Gasteiger partial charge in [0, 0.05) is 11.6 Å². The third kappa shape index (κ3) is 5.32. The van der Waals surface area contributed by atoms with Crippen molar-refractivity contribution in [1.29, 1.82) is 0 Å². The van der Waals surface area contributed by atoms with Crippen molar-refractivity contribution in [2.75, 3.05) is 25.1 Å². The molecule has 2 fully saturated rings. The molecule has 1 aromatic rings. The number of rotatable bonds is 6. The van der Waals surface area contributed by atoms with Crippen molar-refractivity contribution in [1.82, 2.24) is 5.32 Å². The number of benzene rings is 1. The molecule has 0 spiro atoms. The molecule has 1 aliphatic heterocycles. The standard InChI is InChI=1S/C24H38N2O3/c1-17(2)20-12-8-13-21(18(3)4)22(20)26-23(27)25-16-24(28-14-9-15-29-24)19-10-6-5-7-11-19/h8,12-13,17-19H,5-7,9-11,14-16H2,1-4H3,(H2,25,26,27). The Hall–Kier alpha value is -1.59. The lowest BCUT2D eigenvalue weighted by atomic mass is 9.82. The van der Waals surface area contributed by atoms with Crippen LogP contribution in [0.15, 0.2) is 18.2 Å². The molecule has 1 aliphatic carbocycles. The number of hydrogen-bond donors (Lipinski definition) is 2. The monoisotopic (exact) mass is 402 g/mol. The molecule has 2 aliphatic rings. The van der Waals surface area contributed by atoms with Gasteiger partial charge in [-0.15, -0.1) is 0 Å². The number of carbonyl (C=O) groups excluding carboxylic acids is 1. The van der Waals surface area contributed by atoms with E-state index >= 15 is 0 Å². The fourth-order valence-electron chi connectivity index (χ4n) is 4.67. The summed E-state index contributed by atoms with van der Waals surface area (Å²) in [7, 11) is 0. The van der Waals surface area contributed by atoms with E-state index in [1.165, 1.54) is 30.4 Å².